The highest BCUT2D eigenvalue weighted by atomic mass is 16.4. The molecule has 0 aromatic rings. The number of rotatable bonds is 17. The van der Waals surface area contributed by atoms with Crippen molar-refractivity contribution in [3.63, 3.8) is 0 Å². The number of allylic oxidation sites excluding steroid dienone is 2. The van der Waals surface area contributed by atoms with E-state index >= 15 is 0 Å². The number of aliphatic imine (C=N–C) groups is 1. The summed E-state index contributed by atoms with van der Waals surface area (Å²) in [6.45, 7) is 0.251. The van der Waals surface area contributed by atoms with Crippen LogP contribution in [-0.4, -0.2) is 36.2 Å². The number of carbonyl (C=O) groups excluding carboxylic acids is 1. The van der Waals surface area contributed by atoms with Crippen LogP contribution in [0.1, 0.15) is 70.6 Å². The Bertz CT molecular complexity index is 469. The van der Waals surface area contributed by atoms with E-state index in [-0.39, 0.29) is 12.3 Å². The number of ketones is 1. The van der Waals surface area contributed by atoms with Crippen LogP contribution in [0.2, 0.25) is 0 Å². The molecule has 1 N–H and O–H groups in total. The molecule has 0 rings (SSSR count). The molecule has 140 valence electrons. The minimum Gasteiger partial charge on any atom is -0.480 e. The second kappa shape index (κ2) is 18.2. The first-order valence-electron chi connectivity index (χ1n) is 9.09. The van der Waals surface area contributed by atoms with Crippen LogP contribution in [0.25, 0.3) is 10.4 Å². The molecule has 0 radical (unpaired) electrons. The Kier molecular flexibility index (Phi) is 16.6. The molecule has 0 atom stereocenters. The molecule has 0 aliphatic carbocycles. The molecule has 0 saturated carbocycles. The lowest BCUT2D eigenvalue weighted by molar-refractivity contribution is -0.135. The van der Waals surface area contributed by atoms with Gasteiger partial charge in [-0.2, -0.15) is 0 Å². The Labute approximate surface area is 149 Å². The molecule has 0 aliphatic rings. The first kappa shape index (κ1) is 22.9. The van der Waals surface area contributed by atoms with Gasteiger partial charge in [0.05, 0.1) is 6.21 Å². The third-order valence-corrected chi connectivity index (χ3v) is 3.67. The van der Waals surface area contributed by atoms with Crippen molar-refractivity contribution in [2.75, 3.05) is 13.1 Å². The van der Waals surface area contributed by atoms with E-state index in [0.29, 0.717) is 6.54 Å². The lowest BCUT2D eigenvalue weighted by Gasteiger charge is -2.01. The Morgan fingerprint density at radius 3 is 2.04 bits per heavy atom. The maximum Gasteiger partial charge on any atom is 0.325 e. The van der Waals surface area contributed by atoms with Crippen LogP contribution in [0.4, 0.5) is 0 Å². The summed E-state index contributed by atoms with van der Waals surface area (Å²) in [6, 6.07) is 0. The molecule has 25 heavy (non-hydrogen) atoms. The van der Waals surface area contributed by atoms with E-state index in [1.54, 1.807) is 0 Å². The molecule has 0 bridgehead atoms. The molecular weight excluding hydrogens is 320 g/mol. The minimum absolute atomic E-state index is 0.263. The molecule has 0 heterocycles. The molecule has 0 unspecified atom stereocenters. The van der Waals surface area contributed by atoms with Gasteiger partial charge in [0.15, 0.2) is 5.78 Å². The van der Waals surface area contributed by atoms with Gasteiger partial charge >= 0.3 is 5.97 Å². The van der Waals surface area contributed by atoms with E-state index in [4.69, 9.17) is 10.6 Å². The van der Waals surface area contributed by atoms with Gasteiger partial charge in [-0.3, -0.25) is 14.6 Å². The lowest BCUT2D eigenvalue weighted by Crippen LogP contribution is -2.02. The van der Waals surface area contributed by atoms with Crippen molar-refractivity contribution in [2.24, 2.45) is 10.1 Å². The fourth-order valence-electron chi connectivity index (χ4n) is 2.36. The van der Waals surface area contributed by atoms with Gasteiger partial charge in [0.2, 0.25) is 0 Å². The first-order chi connectivity index (χ1) is 12.2. The maximum absolute atomic E-state index is 11.3. The molecule has 0 amide bonds. The zero-order chi connectivity index (χ0) is 18.6. The van der Waals surface area contributed by atoms with Crippen molar-refractivity contribution < 1.29 is 14.7 Å². The van der Waals surface area contributed by atoms with Crippen molar-refractivity contribution in [2.45, 2.75) is 70.6 Å². The molecule has 0 saturated heterocycles. The fraction of sp³-hybridized carbons (Fsp3) is 0.722. The summed E-state index contributed by atoms with van der Waals surface area (Å²) in [5, 5.41) is 11.9. The number of carbonyl (C=O) groups is 2. The van der Waals surface area contributed by atoms with Crippen molar-refractivity contribution in [3.05, 3.63) is 22.6 Å². The summed E-state index contributed by atoms with van der Waals surface area (Å²) >= 11 is 0. The van der Waals surface area contributed by atoms with Gasteiger partial charge in [0, 0.05) is 11.5 Å². The van der Waals surface area contributed by atoms with Crippen molar-refractivity contribution >= 4 is 18.0 Å². The van der Waals surface area contributed by atoms with Crippen LogP contribution in [0.5, 0.6) is 0 Å². The third kappa shape index (κ3) is 19.8. The summed E-state index contributed by atoms with van der Waals surface area (Å²) in [4.78, 5) is 27.8. The molecular formula is C18H30N4O3. The number of hydrogen-bond donors (Lipinski definition) is 1. The van der Waals surface area contributed by atoms with Crippen molar-refractivity contribution in [3.8, 4) is 0 Å². The monoisotopic (exact) mass is 350 g/mol. The minimum atomic E-state index is -1.04. The van der Waals surface area contributed by atoms with Gasteiger partial charge in [-0.05, 0) is 30.9 Å². The predicted molar refractivity (Wildman–Crippen MR) is 99.9 cm³/mol. The van der Waals surface area contributed by atoms with Gasteiger partial charge in [0.1, 0.15) is 6.54 Å². The van der Waals surface area contributed by atoms with E-state index in [0.717, 1.165) is 38.3 Å². The Morgan fingerprint density at radius 1 is 0.920 bits per heavy atom. The van der Waals surface area contributed by atoms with Crippen molar-refractivity contribution in [1.29, 1.82) is 0 Å². The van der Waals surface area contributed by atoms with Crippen molar-refractivity contribution in [1.82, 2.24) is 0 Å². The number of hydrogen-bond acceptors (Lipinski definition) is 4. The summed E-state index contributed by atoms with van der Waals surface area (Å²) in [6.07, 6.45) is 17.0. The highest BCUT2D eigenvalue weighted by Crippen LogP contribution is 2.11. The van der Waals surface area contributed by atoms with Gasteiger partial charge in [-0.25, -0.2) is 0 Å². The van der Waals surface area contributed by atoms with Crippen LogP contribution < -0.4 is 0 Å². The Morgan fingerprint density at radius 2 is 1.48 bits per heavy atom. The molecule has 0 aromatic heterocycles. The summed E-state index contributed by atoms with van der Waals surface area (Å²) in [7, 11) is 0. The SMILES string of the molecule is [N-]=[N+]=NCCCCCCCCCCCC/C=C/C(=O)C=NCC(=O)O. The zero-order valence-corrected chi connectivity index (χ0v) is 15.0. The quantitative estimate of drug-likeness (QED) is 0.101. The normalized spacial score (nSPS) is 11.0. The fourth-order valence-corrected chi connectivity index (χ4v) is 2.36. The lowest BCUT2D eigenvalue weighted by atomic mass is 10.1. The summed E-state index contributed by atoms with van der Waals surface area (Å²) in [5.41, 5.74) is 8.15. The average Bonchev–Trinajstić information content (AvgIpc) is 2.58. The smallest absolute Gasteiger partial charge is 0.325 e. The topological polar surface area (TPSA) is 115 Å². The maximum atomic E-state index is 11.3. The number of nitrogens with zero attached hydrogens (tertiary/aromatic N) is 4. The van der Waals surface area contributed by atoms with Crippen LogP contribution in [0.3, 0.4) is 0 Å². The Hall–Kier alpha value is -2.14. The van der Waals surface area contributed by atoms with Crippen LogP contribution in [0, 0.1) is 0 Å². The van der Waals surface area contributed by atoms with Crippen LogP contribution >= 0.6 is 0 Å². The predicted octanol–water partition coefficient (Wildman–Crippen LogP) is 4.87. The van der Waals surface area contributed by atoms with Gasteiger partial charge in [0.25, 0.3) is 0 Å². The number of unbranched alkanes of at least 4 members (excludes halogenated alkanes) is 10. The van der Waals surface area contributed by atoms with Gasteiger partial charge in [-0.1, -0.05) is 62.6 Å². The first-order valence-corrected chi connectivity index (χ1v) is 9.09. The second-order valence-corrected chi connectivity index (χ2v) is 5.95. The molecule has 0 aromatic carbocycles. The van der Waals surface area contributed by atoms with E-state index in [1.807, 2.05) is 6.08 Å². The molecule has 0 aliphatic heterocycles. The number of carboxylic acids is 1. The third-order valence-electron chi connectivity index (χ3n) is 3.67. The van der Waals surface area contributed by atoms with E-state index < -0.39 is 5.97 Å². The standard InChI is InChI=1S/C18H30N4O3/c19-22-21-14-12-10-8-6-4-2-1-3-5-7-9-11-13-17(23)15-20-16-18(24)25/h11,13,15H,1-10,12,14,16H2,(H,24,25)/b13-11+,20-15?. The molecule has 0 spiro atoms. The molecule has 7 heteroatoms. The van der Waals surface area contributed by atoms with E-state index in [1.165, 1.54) is 44.6 Å². The summed E-state index contributed by atoms with van der Waals surface area (Å²) in [5.74, 6) is -1.31. The van der Waals surface area contributed by atoms with Gasteiger partial charge < -0.3 is 5.11 Å². The van der Waals surface area contributed by atoms with Crippen LogP contribution in [-0.2, 0) is 9.59 Å². The zero-order valence-electron chi connectivity index (χ0n) is 15.0. The Balaban J connectivity index is 3.31. The number of aliphatic carboxylic acids is 1. The number of azide groups is 1. The largest absolute Gasteiger partial charge is 0.480 e. The highest BCUT2D eigenvalue weighted by molar-refractivity contribution is 6.32. The second-order valence-electron chi connectivity index (χ2n) is 5.95. The average molecular weight is 350 g/mol. The van der Waals surface area contributed by atoms with E-state index in [2.05, 4.69) is 15.0 Å². The number of carboxylic acid groups (broad SMARTS) is 1. The van der Waals surface area contributed by atoms with Crippen LogP contribution in [0.15, 0.2) is 22.3 Å². The summed E-state index contributed by atoms with van der Waals surface area (Å²) < 4.78 is 0. The van der Waals surface area contributed by atoms with E-state index in [9.17, 15) is 9.59 Å². The van der Waals surface area contributed by atoms with Gasteiger partial charge in [-0.15, -0.1) is 0 Å². The molecule has 7 nitrogen and oxygen atoms in total. The highest BCUT2D eigenvalue weighted by Gasteiger charge is 1.94. The molecule has 0 fully saturated rings.